The molecular weight excluding hydrogens is 172 g/mol. The maximum absolute atomic E-state index is 13.2. The van der Waals surface area contributed by atoms with Crippen LogP contribution in [0.5, 0.6) is 0 Å². The van der Waals surface area contributed by atoms with E-state index in [-0.39, 0.29) is 11.5 Å². The summed E-state index contributed by atoms with van der Waals surface area (Å²) < 4.78 is 25.9. The normalized spacial score (nSPS) is 13.4. The number of benzene rings is 1. The van der Waals surface area contributed by atoms with E-state index in [9.17, 15) is 8.78 Å². The fourth-order valence-electron chi connectivity index (χ4n) is 1.14. The van der Waals surface area contributed by atoms with Crippen molar-refractivity contribution in [1.82, 2.24) is 0 Å². The average Bonchev–Trinajstić information content (AvgIpc) is 2.08. The topological polar surface area (TPSA) is 26.0 Å². The standard InChI is InChI=1S/C10H13F2N/c1-6(2)10(13)7-4-3-5-8(11)9(7)12/h3-6,10H,13H2,1-2H3/t10-/m0/s1. The largest absolute Gasteiger partial charge is 0.324 e. The van der Waals surface area contributed by atoms with Crippen molar-refractivity contribution in [3.8, 4) is 0 Å². The molecule has 2 N–H and O–H groups in total. The first kappa shape index (κ1) is 10.1. The quantitative estimate of drug-likeness (QED) is 0.753. The number of hydrogen-bond acceptors (Lipinski definition) is 1. The molecule has 1 nitrogen and oxygen atoms in total. The lowest BCUT2D eigenvalue weighted by Crippen LogP contribution is -2.18. The van der Waals surface area contributed by atoms with Gasteiger partial charge in [0.15, 0.2) is 11.6 Å². The molecule has 0 unspecified atom stereocenters. The third kappa shape index (κ3) is 2.04. The Labute approximate surface area is 76.6 Å². The van der Waals surface area contributed by atoms with Crippen LogP contribution in [0.3, 0.4) is 0 Å². The molecule has 1 rings (SSSR count). The van der Waals surface area contributed by atoms with Crippen LogP contribution >= 0.6 is 0 Å². The van der Waals surface area contributed by atoms with E-state index in [4.69, 9.17) is 5.73 Å². The zero-order valence-corrected chi connectivity index (χ0v) is 7.72. The van der Waals surface area contributed by atoms with E-state index in [1.54, 1.807) is 0 Å². The second-order valence-electron chi connectivity index (χ2n) is 3.41. The third-order valence-corrected chi connectivity index (χ3v) is 2.06. The van der Waals surface area contributed by atoms with Crippen molar-refractivity contribution in [2.24, 2.45) is 11.7 Å². The van der Waals surface area contributed by atoms with Crippen molar-refractivity contribution in [2.75, 3.05) is 0 Å². The second kappa shape index (κ2) is 3.83. The molecule has 3 heteroatoms. The molecule has 0 saturated heterocycles. The van der Waals surface area contributed by atoms with Crippen molar-refractivity contribution in [3.05, 3.63) is 35.4 Å². The third-order valence-electron chi connectivity index (χ3n) is 2.06. The predicted molar refractivity (Wildman–Crippen MR) is 48.1 cm³/mol. The summed E-state index contributed by atoms with van der Waals surface area (Å²) in [7, 11) is 0. The highest BCUT2D eigenvalue weighted by Gasteiger charge is 2.16. The van der Waals surface area contributed by atoms with Gasteiger partial charge in [0.1, 0.15) is 0 Å². The second-order valence-corrected chi connectivity index (χ2v) is 3.41. The van der Waals surface area contributed by atoms with Gasteiger partial charge in [0.25, 0.3) is 0 Å². The van der Waals surface area contributed by atoms with Gasteiger partial charge >= 0.3 is 0 Å². The zero-order valence-electron chi connectivity index (χ0n) is 7.72. The van der Waals surface area contributed by atoms with Gasteiger partial charge in [-0.25, -0.2) is 8.78 Å². The highest BCUT2D eigenvalue weighted by molar-refractivity contribution is 5.22. The molecular formula is C10H13F2N. The lowest BCUT2D eigenvalue weighted by Gasteiger charge is -2.16. The van der Waals surface area contributed by atoms with Crippen LogP contribution in [-0.4, -0.2) is 0 Å². The Morgan fingerprint density at radius 3 is 2.38 bits per heavy atom. The molecule has 0 spiro atoms. The zero-order chi connectivity index (χ0) is 10.0. The van der Waals surface area contributed by atoms with Crippen LogP contribution in [-0.2, 0) is 0 Å². The smallest absolute Gasteiger partial charge is 0.163 e. The Hall–Kier alpha value is -0.960. The first-order valence-corrected chi connectivity index (χ1v) is 4.23. The summed E-state index contributed by atoms with van der Waals surface area (Å²) in [4.78, 5) is 0. The van der Waals surface area contributed by atoms with Crippen LogP contribution < -0.4 is 5.73 Å². The van der Waals surface area contributed by atoms with E-state index in [1.165, 1.54) is 12.1 Å². The molecule has 0 saturated carbocycles. The van der Waals surface area contributed by atoms with Crippen molar-refractivity contribution in [1.29, 1.82) is 0 Å². The Kier molecular flexibility index (Phi) is 2.98. The minimum Gasteiger partial charge on any atom is -0.324 e. The van der Waals surface area contributed by atoms with Gasteiger partial charge in [-0.2, -0.15) is 0 Å². The minimum absolute atomic E-state index is 0.0938. The van der Waals surface area contributed by atoms with Gasteiger partial charge in [0.05, 0.1) is 0 Å². The molecule has 0 bridgehead atoms. The van der Waals surface area contributed by atoms with E-state index in [0.29, 0.717) is 0 Å². The maximum Gasteiger partial charge on any atom is 0.163 e. The van der Waals surface area contributed by atoms with Crippen LogP contribution in [0, 0.1) is 17.6 Å². The summed E-state index contributed by atoms with van der Waals surface area (Å²) in [5, 5.41) is 0. The average molecular weight is 185 g/mol. The maximum atomic E-state index is 13.2. The van der Waals surface area contributed by atoms with E-state index in [2.05, 4.69) is 0 Å². The van der Waals surface area contributed by atoms with Crippen LogP contribution in [0.15, 0.2) is 18.2 Å². The van der Waals surface area contributed by atoms with Gasteiger partial charge in [-0.05, 0) is 12.0 Å². The summed E-state index contributed by atoms with van der Waals surface area (Å²) in [6.07, 6.45) is 0. The predicted octanol–water partition coefficient (Wildman–Crippen LogP) is 2.62. The molecule has 13 heavy (non-hydrogen) atoms. The van der Waals surface area contributed by atoms with Gasteiger partial charge in [-0.3, -0.25) is 0 Å². The lowest BCUT2D eigenvalue weighted by atomic mass is 9.96. The molecule has 72 valence electrons. The number of hydrogen-bond donors (Lipinski definition) is 1. The van der Waals surface area contributed by atoms with Gasteiger partial charge in [-0.15, -0.1) is 0 Å². The van der Waals surface area contributed by atoms with E-state index < -0.39 is 17.7 Å². The minimum atomic E-state index is -0.839. The van der Waals surface area contributed by atoms with E-state index >= 15 is 0 Å². The summed E-state index contributed by atoms with van der Waals surface area (Å²) in [6, 6.07) is 3.63. The van der Waals surface area contributed by atoms with Crippen LogP contribution in [0.4, 0.5) is 8.78 Å². The highest BCUT2D eigenvalue weighted by Crippen LogP contribution is 2.22. The highest BCUT2D eigenvalue weighted by atomic mass is 19.2. The van der Waals surface area contributed by atoms with Gasteiger partial charge in [0.2, 0.25) is 0 Å². The van der Waals surface area contributed by atoms with E-state index in [0.717, 1.165) is 6.07 Å². The van der Waals surface area contributed by atoms with Crippen molar-refractivity contribution in [2.45, 2.75) is 19.9 Å². The molecule has 1 aromatic carbocycles. The molecule has 0 amide bonds. The molecule has 1 aromatic rings. The van der Waals surface area contributed by atoms with Crippen LogP contribution in [0.2, 0.25) is 0 Å². The van der Waals surface area contributed by atoms with Gasteiger partial charge in [0, 0.05) is 11.6 Å². The summed E-state index contributed by atoms with van der Waals surface area (Å²) in [5.74, 6) is -1.58. The Bertz CT molecular complexity index is 297. The molecule has 0 radical (unpaired) electrons. The van der Waals surface area contributed by atoms with Crippen LogP contribution in [0.25, 0.3) is 0 Å². The molecule has 0 heterocycles. The Morgan fingerprint density at radius 2 is 1.85 bits per heavy atom. The fourth-order valence-corrected chi connectivity index (χ4v) is 1.14. The number of halogens is 2. The fraction of sp³-hybridized carbons (Fsp3) is 0.400. The Balaban J connectivity index is 3.07. The first-order valence-electron chi connectivity index (χ1n) is 4.23. The molecule has 1 atom stereocenters. The number of rotatable bonds is 2. The molecule has 0 aromatic heterocycles. The van der Waals surface area contributed by atoms with E-state index in [1.807, 2.05) is 13.8 Å². The molecule has 0 aliphatic heterocycles. The van der Waals surface area contributed by atoms with Gasteiger partial charge in [-0.1, -0.05) is 26.0 Å². The lowest BCUT2D eigenvalue weighted by molar-refractivity contribution is 0.452. The Morgan fingerprint density at radius 1 is 1.23 bits per heavy atom. The molecule has 0 aliphatic carbocycles. The molecule has 0 aliphatic rings. The van der Waals surface area contributed by atoms with Crippen LogP contribution in [0.1, 0.15) is 25.5 Å². The SMILES string of the molecule is CC(C)[C@H](N)c1cccc(F)c1F. The summed E-state index contributed by atoms with van der Waals surface area (Å²) in [5.41, 5.74) is 5.95. The summed E-state index contributed by atoms with van der Waals surface area (Å²) in [6.45, 7) is 3.74. The van der Waals surface area contributed by atoms with Crippen molar-refractivity contribution >= 4 is 0 Å². The first-order chi connectivity index (χ1) is 6.04. The number of nitrogens with two attached hydrogens (primary N) is 1. The van der Waals surface area contributed by atoms with Crippen molar-refractivity contribution in [3.63, 3.8) is 0 Å². The van der Waals surface area contributed by atoms with Crippen molar-refractivity contribution < 1.29 is 8.78 Å². The molecule has 0 fully saturated rings. The monoisotopic (exact) mass is 185 g/mol. The summed E-state index contributed by atoms with van der Waals surface area (Å²) >= 11 is 0. The van der Waals surface area contributed by atoms with Gasteiger partial charge < -0.3 is 5.73 Å².